The maximum Gasteiger partial charge on any atom is 0.472 e. The van der Waals surface area contributed by atoms with Gasteiger partial charge in [-0.3, -0.25) is 37.3 Å². The third-order valence-electron chi connectivity index (χ3n) is 16.2. The summed E-state index contributed by atoms with van der Waals surface area (Å²) in [6, 6.07) is 0. The molecule has 0 heterocycles. The van der Waals surface area contributed by atoms with E-state index in [4.69, 9.17) is 37.0 Å². The molecule has 0 aliphatic carbocycles. The van der Waals surface area contributed by atoms with Gasteiger partial charge in [-0.1, -0.05) is 287 Å². The highest BCUT2D eigenvalue weighted by Crippen LogP contribution is 2.45. The van der Waals surface area contributed by atoms with Crippen LogP contribution < -0.4 is 0 Å². The molecule has 0 aliphatic rings. The van der Waals surface area contributed by atoms with Gasteiger partial charge in [-0.15, -0.1) is 0 Å². The summed E-state index contributed by atoms with van der Waals surface area (Å²) in [7, 11) is -9.90. The van der Waals surface area contributed by atoms with Crippen LogP contribution in [0.5, 0.6) is 0 Å². The van der Waals surface area contributed by atoms with Crippen molar-refractivity contribution in [2.45, 2.75) is 356 Å². The number of unbranched alkanes of at least 4 members (excludes halogenated alkanes) is 31. The fraction of sp³-hybridized carbons (Fsp3) is 0.942. The molecule has 0 spiro atoms. The number of esters is 4. The Hall–Kier alpha value is -1.94. The molecule has 0 fully saturated rings. The zero-order valence-corrected chi connectivity index (χ0v) is 59.1. The van der Waals surface area contributed by atoms with Gasteiger partial charge in [-0.05, 0) is 49.4 Å². The number of hydrogen-bond donors (Lipinski definition) is 3. The van der Waals surface area contributed by atoms with Gasteiger partial charge in [-0.2, -0.15) is 0 Å². The van der Waals surface area contributed by atoms with Crippen molar-refractivity contribution in [2.24, 2.45) is 23.7 Å². The highest BCUT2D eigenvalue weighted by atomic mass is 31.2. The Morgan fingerprint density at radius 3 is 0.807 bits per heavy atom. The van der Waals surface area contributed by atoms with E-state index in [2.05, 4.69) is 55.4 Å². The van der Waals surface area contributed by atoms with Crippen molar-refractivity contribution in [3.63, 3.8) is 0 Å². The van der Waals surface area contributed by atoms with Crippen LogP contribution in [-0.2, 0) is 65.4 Å². The second-order valence-electron chi connectivity index (χ2n) is 26.6. The van der Waals surface area contributed by atoms with Crippen molar-refractivity contribution in [2.75, 3.05) is 39.6 Å². The van der Waals surface area contributed by atoms with Crippen LogP contribution in [0.25, 0.3) is 0 Å². The summed E-state index contributed by atoms with van der Waals surface area (Å²) in [5.74, 6) is 0.829. The molecule has 0 rings (SSSR count). The van der Waals surface area contributed by atoms with E-state index in [0.29, 0.717) is 25.7 Å². The first-order valence-electron chi connectivity index (χ1n) is 35.7. The van der Waals surface area contributed by atoms with Crippen LogP contribution in [-0.4, -0.2) is 96.7 Å². The SMILES string of the molecule is CCC(C)CCCCCCCCC(=O)OC[C@H](COP(=O)(O)OCC(O)COP(=O)(O)OC[C@@H](COC(=O)CCCCCCCCCCC(C)C)OC(=O)CCCCCCCCCCC(C)C)OC(=O)CCCCCCCCCCCCCCCC(C)C. The van der Waals surface area contributed by atoms with Gasteiger partial charge in [0.05, 0.1) is 26.4 Å². The molecular weight excluding hydrogens is 1160 g/mol. The number of aliphatic hydroxyl groups excluding tert-OH is 1. The van der Waals surface area contributed by atoms with E-state index < -0.39 is 97.5 Å². The van der Waals surface area contributed by atoms with Gasteiger partial charge >= 0.3 is 39.5 Å². The predicted octanol–water partition coefficient (Wildman–Crippen LogP) is 19.3. The maximum absolute atomic E-state index is 13.0. The van der Waals surface area contributed by atoms with Gasteiger partial charge < -0.3 is 33.8 Å². The molecule has 17 nitrogen and oxygen atoms in total. The number of ether oxygens (including phenoxy) is 4. The molecule has 0 aliphatic heterocycles. The zero-order chi connectivity index (χ0) is 65.4. The van der Waals surface area contributed by atoms with E-state index in [9.17, 15) is 43.2 Å². The summed E-state index contributed by atoms with van der Waals surface area (Å²) in [5, 5.41) is 10.6. The Morgan fingerprint density at radius 1 is 0.318 bits per heavy atom. The minimum Gasteiger partial charge on any atom is -0.462 e. The van der Waals surface area contributed by atoms with E-state index in [1.54, 1.807) is 0 Å². The summed E-state index contributed by atoms with van der Waals surface area (Å²) in [6.07, 6.45) is 40.4. The molecule has 0 amide bonds. The molecule has 522 valence electrons. The van der Waals surface area contributed by atoms with Crippen molar-refractivity contribution in [3.05, 3.63) is 0 Å². The average molecular weight is 1300 g/mol. The quantitative estimate of drug-likeness (QED) is 0.0222. The second kappa shape index (κ2) is 58.8. The molecule has 6 atom stereocenters. The third kappa shape index (κ3) is 61.6. The molecule has 0 saturated carbocycles. The minimum atomic E-state index is -4.95. The fourth-order valence-electron chi connectivity index (χ4n) is 10.3. The Kier molecular flexibility index (Phi) is 57.6. The van der Waals surface area contributed by atoms with Crippen molar-refractivity contribution < 1.29 is 80.2 Å². The number of phosphoric acid groups is 2. The van der Waals surface area contributed by atoms with Crippen LogP contribution in [0.4, 0.5) is 0 Å². The Morgan fingerprint density at radius 2 is 0.545 bits per heavy atom. The lowest BCUT2D eigenvalue weighted by Crippen LogP contribution is -2.30. The van der Waals surface area contributed by atoms with Crippen LogP contribution in [0, 0.1) is 23.7 Å². The van der Waals surface area contributed by atoms with E-state index in [-0.39, 0.29) is 25.7 Å². The van der Waals surface area contributed by atoms with Gasteiger partial charge in [0.1, 0.15) is 19.3 Å². The lowest BCUT2D eigenvalue weighted by atomic mass is 10.00. The number of aliphatic hydroxyl groups is 1. The Labute approximate surface area is 537 Å². The van der Waals surface area contributed by atoms with Crippen LogP contribution in [0.2, 0.25) is 0 Å². The normalized spacial score (nSPS) is 14.6. The van der Waals surface area contributed by atoms with Crippen molar-refractivity contribution in [1.29, 1.82) is 0 Å². The standard InChI is InChI=1S/C69H134O17P2/c1-9-62(8)48-40-32-27-28-34-42-50-67(72)80-56-65(85-68(73)51-43-35-25-16-14-12-10-11-13-15-21-29-37-45-59(2)3)58-84-88(77,78)82-54-63(70)53-81-87(75,76)83-57-64(86-69(74)52-44-36-26-20-18-23-31-39-47-61(6)7)55-79-66(71)49-41-33-24-19-17-22-30-38-46-60(4)5/h59-65,70H,9-58H2,1-8H3,(H,75,76)(H,77,78)/t62?,63?,64-,65-/m1/s1. The lowest BCUT2D eigenvalue weighted by Gasteiger charge is -2.21. The molecule has 88 heavy (non-hydrogen) atoms. The first-order valence-corrected chi connectivity index (χ1v) is 38.7. The molecule has 0 aromatic carbocycles. The number of carbonyl (C=O) groups is 4. The fourth-order valence-corrected chi connectivity index (χ4v) is 11.9. The number of phosphoric ester groups is 2. The first-order chi connectivity index (χ1) is 42.1. The highest BCUT2D eigenvalue weighted by molar-refractivity contribution is 7.47. The molecule has 0 aromatic heterocycles. The van der Waals surface area contributed by atoms with Crippen LogP contribution in [0.3, 0.4) is 0 Å². The van der Waals surface area contributed by atoms with E-state index in [1.165, 1.54) is 135 Å². The highest BCUT2D eigenvalue weighted by Gasteiger charge is 2.30. The summed E-state index contributed by atoms with van der Waals surface area (Å²) in [4.78, 5) is 72.5. The molecule has 0 bridgehead atoms. The average Bonchev–Trinajstić information content (AvgIpc) is 3.51. The van der Waals surface area contributed by atoms with Gasteiger partial charge in [0.2, 0.25) is 0 Å². The van der Waals surface area contributed by atoms with E-state index in [1.807, 2.05) is 0 Å². The molecule has 0 saturated heterocycles. The summed E-state index contributed by atoms with van der Waals surface area (Å²) in [5.41, 5.74) is 0. The Balaban J connectivity index is 5.24. The molecule has 19 heteroatoms. The van der Waals surface area contributed by atoms with Gasteiger partial charge in [-0.25, -0.2) is 9.13 Å². The van der Waals surface area contributed by atoms with Crippen molar-refractivity contribution in [1.82, 2.24) is 0 Å². The second-order valence-corrected chi connectivity index (χ2v) is 29.5. The number of carbonyl (C=O) groups excluding carboxylic acids is 4. The number of rotatable bonds is 66. The summed E-state index contributed by atoms with van der Waals surface area (Å²) >= 11 is 0. The van der Waals surface area contributed by atoms with Crippen LogP contribution >= 0.6 is 15.6 Å². The summed E-state index contributed by atoms with van der Waals surface area (Å²) in [6.45, 7) is 14.0. The molecule has 0 radical (unpaired) electrons. The minimum absolute atomic E-state index is 0.103. The van der Waals surface area contributed by atoms with E-state index >= 15 is 0 Å². The van der Waals surface area contributed by atoms with Crippen molar-refractivity contribution >= 4 is 39.5 Å². The Bertz CT molecular complexity index is 1750. The van der Waals surface area contributed by atoms with Crippen LogP contribution in [0.1, 0.15) is 338 Å². The zero-order valence-electron chi connectivity index (χ0n) is 57.3. The smallest absolute Gasteiger partial charge is 0.462 e. The monoisotopic (exact) mass is 1300 g/mol. The topological polar surface area (TPSA) is 237 Å². The summed E-state index contributed by atoms with van der Waals surface area (Å²) < 4.78 is 68.2. The van der Waals surface area contributed by atoms with Crippen molar-refractivity contribution in [3.8, 4) is 0 Å². The molecule has 0 aromatic rings. The molecular formula is C69H134O17P2. The van der Waals surface area contributed by atoms with E-state index in [0.717, 1.165) is 120 Å². The number of hydrogen-bond acceptors (Lipinski definition) is 15. The molecule has 4 unspecified atom stereocenters. The van der Waals surface area contributed by atoms with Gasteiger partial charge in [0.15, 0.2) is 12.2 Å². The van der Waals surface area contributed by atoms with Gasteiger partial charge in [0.25, 0.3) is 0 Å². The predicted molar refractivity (Wildman–Crippen MR) is 354 cm³/mol. The largest absolute Gasteiger partial charge is 0.472 e. The first kappa shape index (κ1) is 86.1. The maximum atomic E-state index is 13.0. The van der Waals surface area contributed by atoms with Gasteiger partial charge in [0, 0.05) is 25.7 Å². The third-order valence-corrected chi connectivity index (χ3v) is 18.1. The lowest BCUT2D eigenvalue weighted by molar-refractivity contribution is -0.161. The van der Waals surface area contributed by atoms with Crippen LogP contribution in [0.15, 0.2) is 0 Å². The molecule has 3 N–H and O–H groups in total.